The number of rotatable bonds is 7. The van der Waals surface area contributed by atoms with Crippen molar-refractivity contribution in [1.29, 1.82) is 0 Å². The van der Waals surface area contributed by atoms with Gasteiger partial charge in [0.25, 0.3) is 5.91 Å². The molecule has 1 N–H and O–H groups in total. The fraction of sp³-hybridized carbons (Fsp3) is 0.160. The zero-order valence-electron chi connectivity index (χ0n) is 18.0. The maximum Gasteiger partial charge on any atom is 0.343 e. The van der Waals surface area contributed by atoms with E-state index in [1.54, 1.807) is 30.3 Å². The number of benzene rings is 3. The molecule has 7 heteroatoms. The van der Waals surface area contributed by atoms with Crippen molar-refractivity contribution < 1.29 is 19.1 Å². The van der Waals surface area contributed by atoms with Crippen molar-refractivity contribution >= 4 is 34.0 Å². The van der Waals surface area contributed by atoms with Crippen LogP contribution < -0.4 is 14.9 Å². The van der Waals surface area contributed by atoms with Crippen molar-refractivity contribution in [3.8, 4) is 11.5 Å². The summed E-state index contributed by atoms with van der Waals surface area (Å²) in [5, 5.41) is 3.97. The molecular weight excluding hydrogens is 472 g/mol. The lowest BCUT2D eigenvalue weighted by Crippen LogP contribution is -2.24. The summed E-state index contributed by atoms with van der Waals surface area (Å²) in [5.41, 5.74) is 6.48. The minimum atomic E-state index is -0.467. The highest BCUT2D eigenvalue weighted by Gasteiger charge is 2.13. The van der Waals surface area contributed by atoms with Crippen LogP contribution in [0.3, 0.4) is 0 Å². The number of esters is 1. The monoisotopic (exact) mass is 494 g/mol. The molecule has 0 unspecified atom stereocenters. The number of aryl methyl sites for hydroxylation is 3. The lowest BCUT2D eigenvalue weighted by molar-refractivity contribution is -0.123. The molecule has 3 aromatic rings. The van der Waals surface area contributed by atoms with Gasteiger partial charge in [-0.1, -0.05) is 40.2 Å². The second-order valence-electron chi connectivity index (χ2n) is 7.21. The highest BCUT2D eigenvalue weighted by Crippen LogP contribution is 2.23. The van der Waals surface area contributed by atoms with Crippen molar-refractivity contribution in [2.24, 2.45) is 5.10 Å². The van der Waals surface area contributed by atoms with E-state index < -0.39 is 11.9 Å². The Morgan fingerprint density at radius 3 is 2.50 bits per heavy atom. The first-order valence-corrected chi connectivity index (χ1v) is 10.7. The van der Waals surface area contributed by atoms with Gasteiger partial charge in [-0.15, -0.1) is 0 Å². The summed E-state index contributed by atoms with van der Waals surface area (Å²) in [6.45, 7) is 5.66. The Balaban J connectivity index is 1.63. The molecule has 0 fully saturated rings. The van der Waals surface area contributed by atoms with Crippen molar-refractivity contribution in [1.82, 2.24) is 5.43 Å². The third kappa shape index (κ3) is 6.28. The van der Waals surface area contributed by atoms with E-state index in [9.17, 15) is 9.59 Å². The predicted molar refractivity (Wildman–Crippen MR) is 127 cm³/mol. The summed E-state index contributed by atoms with van der Waals surface area (Å²) in [7, 11) is 0. The normalized spacial score (nSPS) is 10.8. The second kappa shape index (κ2) is 10.7. The molecule has 0 heterocycles. The average Bonchev–Trinajstić information content (AvgIpc) is 2.76. The maximum atomic E-state index is 12.6. The van der Waals surface area contributed by atoms with Gasteiger partial charge in [-0.3, -0.25) is 4.79 Å². The Morgan fingerprint density at radius 1 is 0.969 bits per heavy atom. The molecule has 0 aliphatic carbocycles. The quantitative estimate of drug-likeness (QED) is 0.214. The number of hydrogen-bond acceptors (Lipinski definition) is 5. The first kappa shape index (κ1) is 23.2. The lowest BCUT2D eigenvalue weighted by Gasteiger charge is -2.09. The van der Waals surface area contributed by atoms with Crippen LogP contribution in [0.15, 0.2) is 70.2 Å². The van der Waals surface area contributed by atoms with Crippen LogP contribution in [-0.2, 0) is 4.79 Å². The van der Waals surface area contributed by atoms with Gasteiger partial charge in [0.2, 0.25) is 0 Å². The van der Waals surface area contributed by atoms with Gasteiger partial charge in [-0.05, 0) is 73.9 Å². The molecule has 164 valence electrons. The number of hydrazone groups is 1. The van der Waals surface area contributed by atoms with Crippen LogP contribution in [-0.4, -0.2) is 24.7 Å². The van der Waals surface area contributed by atoms with E-state index >= 15 is 0 Å². The van der Waals surface area contributed by atoms with Crippen molar-refractivity contribution in [3.05, 3.63) is 93.0 Å². The van der Waals surface area contributed by atoms with Crippen LogP contribution >= 0.6 is 15.9 Å². The van der Waals surface area contributed by atoms with Crippen LogP contribution in [0.4, 0.5) is 0 Å². The van der Waals surface area contributed by atoms with Crippen LogP contribution in [0.5, 0.6) is 11.5 Å². The van der Waals surface area contributed by atoms with Gasteiger partial charge < -0.3 is 9.47 Å². The molecule has 0 saturated carbocycles. The Hall–Kier alpha value is -3.45. The largest absolute Gasteiger partial charge is 0.484 e. The Morgan fingerprint density at radius 2 is 1.75 bits per heavy atom. The highest BCUT2D eigenvalue weighted by atomic mass is 79.9. The van der Waals surface area contributed by atoms with Crippen molar-refractivity contribution in [2.45, 2.75) is 20.8 Å². The fourth-order valence-corrected chi connectivity index (χ4v) is 3.21. The number of amides is 1. The topological polar surface area (TPSA) is 77.0 Å². The third-order valence-corrected chi connectivity index (χ3v) is 5.27. The van der Waals surface area contributed by atoms with Gasteiger partial charge in [0.05, 0.1) is 11.8 Å². The van der Waals surface area contributed by atoms with Gasteiger partial charge in [0.1, 0.15) is 11.5 Å². The van der Waals surface area contributed by atoms with E-state index in [1.165, 1.54) is 6.21 Å². The van der Waals surface area contributed by atoms with E-state index in [0.717, 1.165) is 21.2 Å². The first-order valence-electron chi connectivity index (χ1n) is 9.93. The van der Waals surface area contributed by atoms with E-state index in [0.29, 0.717) is 22.6 Å². The zero-order valence-corrected chi connectivity index (χ0v) is 19.6. The van der Waals surface area contributed by atoms with Crippen molar-refractivity contribution in [3.63, 3.8) is 0 Å². The fourth-order valence-electron chi connectivity index (χ4n) is 2.83. The predicted octanol–water partition coefficient (Wildman–Crippen LogP) is 5.12. The summed E-state index contributed by atoms with van der Waals surface area (Å²) in [6, 6.07) is 18.0. The molecule has 0 spiro atoms. The molecule has 1 amide bonds. The Labute approximate surface area is 195 Å². The third-order valence-electron chi connectivity index (χ3n) is 4.78. The van der Waals surface area contributed by atoms with Gasteiger partial charge >= 0.3 is 5.97 Å². The Bertz CT molecular complexity index is 1170. The summed E-state index contributed by atoms with van der Waals surface area (Å²) in [4.78, 5) is 24.6. The van der Waals surface area contributed by atoms with E-state index in [-0.39, 0.29) is 6.61 Å². The number of ether oxygens (including phenoxy) is 2. The highest BCUT2D eigenvalue weighted by molar-refractivity contribution is 9.10. The number of nitrogens with zero attached hydrogens (tertiary/aromatic N) is 1. The van der Waals surface area contributed by atoms with Crippen LogP contribution in [0, 0.1) is 20.8 Å². The van der Waals surface area contributed by atoms with Crippen molar-refractivity contribution in [2.75, 3.05) is 6.61 Å². The number of halogens is 1. The summed E-state index contributed by atoms with van der Waals surface area (Å²) < 4.78 is 11.8. The van der Waals surface area contributed by atoms with Gasteiger partial charge in [-0.25, -0.2) is 10.2 Å². The standard InChI is InChI=1S/C25H23BrN2O4/c1-16-8-10-21(12-18(16)3)31-15-24(29)28-27-14-19-13-20(26)9-11-23(19)32-25(30)22-7-5-4-6-17(22)2/h4-14H,15H2,1-3H3,(H,28,29). The molecule has 0 saturated heterocycles. The number of carbonyl (C=O) groups excluding carboxylic acids is 2. The molecule has 0 aliphatic rings. The molecule has 0 atom stereocenters. The van der Waals surface area contributed by atoms with Crippen LogP contribution in [0.1, 0.15) is 32.6 Å². The molecule has 6 nitrogen and oxygen atoms in total. The average molecular weight is 495 g/mol. The zero-order chi connectivity index (χ0) is 23.1. The number of nitrogens with one attached hydrogen (secondary N) is 1. The van der Waals surface area contributed by atoms with Gasteiger partial charge in [0.15, 0.2) is 6.61 Å². The van der Waals surface area contributed by atoms with Crippen LogP contribution in [0.25, 0.3) is 0 Å². The molecule has 0 bridgehead atoms. The lowest BCUT2D eigenvalue weighted by atomic mass is 10.1. The number of carbonyl (C=O) groups is 2. The maximum absolute atomic E-state index is 12.6. The molecule has 0 radical (unpaired) electrons. The first-order chi connectivity index (χ1) is 15.3. The van der Waals surface area contributed by atoms with Crippen LogP contribution in [0.2, 0.25) is 0 Å². The molecule has 0 aliphatic heterocycles. The van der Waals surface area contributed by atoms with Gasteiger partial charge in [-0.2, -0.15) is 5.10 Å². The minimum absolute atomic E-state index is 0.173. The summed E-state index contributed by atoms with van der Waals surface area (Å²) in [5.74, 6) is 0.0642. The van der Waals surface area contributed by atoms with E-state index in [2.05, 4.69) is 26.5 Å². The van der Waals surface area contributed by atoms with E-state index in [4.69, 9.17) is 9.47 Å². The van der Waals surface area contributed by atoms with Gasteiger partial charge in [0, 0.05) is 10.0 Å². The molecule has 3 rings (SSSR count). The second-order valence-corrected chi connectivity index (χ2v) is 8.13. The molecule has 32 heavy (non-hydrogen) atoms. The number of hydrogen-bond donors (Lipinski definition) is 1. The molecular formula is C25H23BrN2O4. The summed E-state index contributed by atoms with van der Waals surface area (Å²) in [6.07, 6.45) is 1.42. The molecule has 0 aromatic heterocycles. The smallest absolute Gasteiger partial charge is 0.343 e. The Kier molecular flexibility index (Phi) is 7.78. The molecule has 3 aromatic carbocycles. The SMILES string of the molecule is Cc1ccc(OCC(=O)NN=Cc2cc(Br)ccc2OC(=O)c2ccccc2C)cc1C. The van der Waals surface area contributed by atoms with E-state index in [1.807, 2.05) is 51.1 Å². The minimum Gasteiger partial charge on any atom is -0.484 e. The summed E-state index contributed by atoms with van der Waals surface area (Å²) >= 11 is 3.39.